The van der Waals surface area contributed by atoms with Gasteiger partial charge in [-0.1, -0.05) is 12.1 Å². The largest absolute Gasteiger partial charge is 0.503 e. The first-order valence-corrected chi connectivity index (χ1v) is 8.51. The van der Waals surface area contributed by atoms with Gasteiger partial charge in [0.2, 0.25) is 5.78 Å². The number of nitrogens with zero attached hydrogens (tertiary/aromatic N) is 2. The topological polar surface area (TPSA) is 92.9 Å². The molecule has 2 aromatic heterocycles. The normalized spacial score (nSPS) is 16.5. The first kappa shape index (κ1) is 17.5. The van der Waals surface area contributed by atoms with Crippen LogP contribution in [-0.2, 0) is 4.79 Å². The van der Waals surface area contributed by atoms with Crippen molar-refractivity contribution in [2.24, 2.45) is 0 Å². The van der Waals surface area contributed by atoms with E-state index in [0.717, 1.165) is 0 Å². The van der Waals surface area contributed by atoms with Crippen LogP contribution in [0.25, 0.3) is 0 Å². The lowest BCUT2D eigenvalue weighted by molar-refractivity contribution is -0.117. The summed E-state index contributed by atoms with van der Waals surface area (Å²) in [5.74, 6) is -1.33. The van der Waals surface area contributed by atoms with Gasteiger partial charge in [-0.2, -0.15) is 0 Å². The number of methoxy groups -OCH3 is 1. The van der Waals surface area contributed by atoms with Gasteiger partial charge < -0.3 is 14.3 Å². The van der Waals surface area contributed by atoms with Crippen LogP contribution in [0.5, 0.6) is 5.75 Å². The van der Waals surface area contributed by atoms with Crippen molar-refractivity contribution in [1.82, 2.24) is 4.98 Å². The molecule has 1 aliphatic heterocycles. The van der Waals surface area contributed by atoms with Gasteiger partial charge >= 0.3 is 0 Å². The fourth-order valence-electron chi connectivity index (χ4n) is 3.22. The Bertz CT molecular complexity index is 1060. The second-order valence-corrected chi connectivity index (χ2v) is 6.10. The number of amides is 1. The van der Waals surface area contributed by atoms with E-state index in [9.17, 15) is 14.7 Å². The summed E-state index contributed by atoms with van der Waals surface area (Å²) in [7, 11) is 1.52. The fourth-order valence-corrected chi connectivity index (χ4v) is 3.22. The number of carbonyl (C=O) groups is 2. The number of aliphatic hydroxyl groups is 1. The van der Waals surface area contributed by atoms with Crippen molar-refractivity contribution in [1.29, 1.82) is 0 Å². The molecule has 0 saturated carbocycles. The second-order valence-electron chi connectivity index (χ2n) is 6.10. The molecule has 0 fully saturated rings. The van der Waals surface area contributed by atoms with Crippen molar-refractivity contribution in [3.8, 4) is 5.75 Å². The molecule has 7 nitrogen and oxygen atoms in total. The second kappa shape index (κ2) is 7.03. The average molecular weight is 376 g/mol. The lowest BCUT2D eigenvalue weighted by atomic mass is 9.98. The SMILES string of the molecule is COc1cccc(N2C(=O)C(O)=C(C(=O)c3ccco3)C2c2ccccn2)c1. The molecule has 140 valence electrons. The number of anilines is 1. The highest BCUT2D eigenvalue weighted by Gasteiger charge is 2.46. The Morgan fingerprint density at radius 2 is 2.04 bits per heavy atom. The molecular formula is C21H16N2O5. The molecule has 1 aromatic carbocycles. The molecule has 0 bridgehead atoms. The van der Waals surface area contributed by atoms with Gasteiger partial charge in [0.25, 0.3) is 5.91 Å². The van der Waals surface area contributed by atoms with Crippen molar-refractivity contribution in [2.45, 2.75) is 6.04 Å². The predicted octanol–water partition coefficient (Wildman–Crippen LogP) is 3.47. The number of rotatable bonds is 5. The molecule has 0 saturated heterocycles. The van der Waals surface area contributed by atoms with Gasteiger partial charge in [-0.3, -0.25) is 19.5 Å². The molecule has 1 N–H and O–H groups in total. The Hall–Kier alpha value is -3.87. The Balaban J connectivity index is 1.88. The number of aliphatic hydroxyl groups excluding tert-OH is 1. The van der Waals surface area contributed by atoms with Crippen LogP contribution in [0.3, 0.4) is 0 Å². The number of benzene rings is 1. The summed E-state index contributed by atoms with van der Waals surface area (Å²) in [6, 6.07) is 14.1. The zero-order chi connectivity index (χ0) is 19.7. The Morgan fingerprint density at radius 3 is 2.71 bits per heavy atom. The highest BCUT2D eigenvalue weighted by Crippen LogP contribution is 2.41. The molecule has 3 aromatic rings. The van der Waals surface area contributed by atoms with Gasteiger partial charge in [-0.15, -0.1) is 0 Å². The highest BCUT2D eigenvalue weighted by molar-refractivity contribution is 6.20. The molecule has 7 heteroatoms. The van der Waals surface area contributed by atoms with Crippen molar-refractivity contribution in [3.05, 3.63) is 89.8 Å². The van der Waals surface area contributed by atoms with Gasteiger partial charge in [0, 0.05) is 18.0 Å². The molecule has 0 spiro atoms. The van der Waals surface area contributed by atoms with E-state index < -0.39 is 23.5 Å². The van der Waals surface area contributed by atoms with E-state index in [0.29, 0.717) is 17.1 Å². The van der Waals surface area contributed by atoms with Crippen LogP contribution in [0.1, 0.15) is 22.3 Å². The molecule has 1 amide bonds. The fraction of sp³-hybridized carbons (Fsp3) is 0.0952. The minimum Gasteiger partial charge on any atom is -0.503 e. The number of pyridine rings is 1. The summed E-state index contributed by atoms with van der Waals surface area (Å²) in [5.41, 5.74) is 0.827. The third-order valence-corrected chi connectivity index (χ3v) is 4.50. The lowest BCUT2D eigenvalue weighted by Gasteiger charge is -2.26. The zero-order valence-electron chi connectivity index (χ0n) is 14.9. The summed E-state index contributed by atoms with van der Waals surface area (Å²) >= 11 is 0. The van der Waals surface area contributed by atoms with E-state index in [1.54, 1.807) is 54.7 Å². The molecule has 1 atom stereocenters. The standard InChI is InChI=1S/C21H16N2O5/c1-27-14-7-4-6-13(12-14)23-18(15-8-2-3-10-22-15)17(20(25)21(23)26)19(24)16-9-5-11-28-16/h2-12,18,25H,1H3. The average Bonchev–Trinajstić information content (AvgIpc) is 3.36. The van der Waals surface area contributed by atoms with Gasteiger partial charge in [0.1, 0.15) is 11.8 Å². The number of ether oxygens (including phenoxy) is 1. The number of hydrogen-bond donors (Lipinski definition) is 1. The van der Waals surface area contributed by atoms with Gasteiger partial charge in [-0.25, -0.2) is 0 Å². The molecule has 1 unspecified atom stereocenters. The highest BCUT2D eigenvalue weighted by atomic mass is 16.5. The Labute approximate surface area is 160 Å². The Kier molecular flexibility index (Phi) is 4.41. The molecule has 0 aliphatic carbocycles. The van der Waals surface area contributed by atoms with Crippen LogP contribution in [0.15, 0.2) is 82.8 Å². The van der Waals surface area contributed by atoms with Crippen LogP contribution in [0.4, 0.5) is 5.69 Å². The summed E-state index contributed by atoms with van der Waals surface area (Å²) in [6.07, 6.45) is 2.92. The maximum absolute atomic E-state index is 13.0. The van der Waals surface area contributed by atoms with Crippen molar-refractivity contribution in [3.63, 3.8) is 0 Å². The Morgan fingerprint density at radius 1 is 1.18 bits per heavy atom. The smallest absolute Gasteiger partial charge is 0.294 e. The van der Waals surface area contributed by atoms with Crippen LogP contribution < -0.4 is 9.64 Å². The van der Waals surface area contributed by atoms with Gasteiger partial charge in [0.05, 0.1) is 24.6 Å². The third kappa shape index (κ3) is 2.83. The van der Waals surface area contributed by atoms with Crippen LogP contribution >= 0.6 is 0 Å². The number of furan rings is 1. The predicted molar refractivity (Wildman–Crippen MR) is 100 cm³/mol. The molecule has 0 radical (unpaired) electrons. The molecule has 3 heterocycles. The first-order chi connectivity index (χ1) is 13.6. The van der Waals surface area contributed by atoms with Gasteiger partial charge in [0.15, 0.2) is 11.5 Å². The van der Waals surface area contributed by atoms with E-state index in [-0.39, 0.29) is 11.3 Å². The summed E-state index contributed by atoms with van der Waals surface area (Å²) in [4.78, 5) is 31.6. The molecular weight excluding hydrogens is 360 g/mol. The summed E-state index contributed by atoms with van der Waals surface area (Å²) < 4.78 is 10.4. The summed E-state index contributed by atoms with van der Waals surface area (Å²) in [6.45, 7) is 0. The zero-order valence-corrected chi connectivity index (χ0v) is 14.9. The minimum absolute atomic E-state index is 0.0303. The van der Waals surface area contributed by atoms with E-state index >= 15 is 0 Å². The van der Waals surface area contributed by atoms with Crippen molar-refractivity contribution < 1.29 is 23.8 Å². The first-order valence-electron chi connectivity index (χ1n) is 8.51. The van der Waals surface area contributed by atoms with Crippen LogP contribution in [0, 0.1) is 0 Å². The maximum Gasteiger partial charge on any atom is 0.294 e. The van der Waals surface area contributed by atoms with E-state index in [2.05, 4.69) is 4.98 Å². The van der Waals surface area contributed by atoms with E-state index in [1.807, 2.05) is 0 Å². The molecule has 28 heavy (non-hydrogen) atoms. The van der Waals surface area contributed by atoms with Crippen LogP contribution in [0.2, 0.25) is 0 Å². The monoisotopic (exact) mass is 376 g/mol. The van der Waals surface area contributed by atoms with Crippen molar-refractivity contribution >= 4 is 17.4 Å². The number of Topliss-reactive ketones (excluding diaryl/α,β-unsaturated/α-hetero) is 1. The quantitative estimate of drug-likeness (QED) is 0.686. The molecule has 1 aliphatic rings. The number of hydrogen-bond acceptors (Lipinski definition) is 6. The molecule has 4 rings (SSSR count). The number of aromatic nitrogens is 1. The number of ketones is 1. The van der Waals surface area contributed by atoms with Gasteiger partial charge in [-0.05, 0) is 36.4 Å². The lowest BCUT2D eigenvalue weighted by Crippen LogP contribution is -2.31. The van der Waals surface area contributed by atoms with Crippen LogP contribution in [-0.4, -0.2) is 28.9 Å². The van der Waals surface area contributed by atoms with Crippen molar-refractivity contribution in [2.75, 3.05) is 12.0 Å². The maximum atomic E-state index is 13.0. The van der Waals surface area contributed by atoms with E-state index in [4.69, 9.17) is 9.15 Å². The number of carbonyl (C=O) groups excluding carboxylic acids is 2. The summed E-state index contributed by atoms with van der Waals surface area (Å²) in [5, 5.41) is 10.6. The minimum atomic E-state index is -0.904. The van der Waals surface area contributed by atoms with E-state index in [1.165, 1.54) is 24.3 Å². The third-order valence-electron chi connectivity index (χ3n) is 4.50.